The lowest BCUT2D eigenvalue weighted by Gasteiger charge is -2.33. The average Bonchev–Trinajstić information content (AvgIpc) is 3.04. The van der Waals surface area contributed by atoms with Gasteiger partial charge in [0, 0.05) is 20.7 Å². The van der Waals surface area contributed by atoms with Crippen LogP contribution in [-0.2, 0) is 16.0 Å². The fraction of sp³-hybridized carbons (Fsp3) is 0.588. The number of anilines is 2. The molecule has 0 spiro atoms. The molecular formula is C34H46I6N2O5. The highest BCUT2D eigenvalue weighted by molar-refractivity contribution is 14.1. The summed E-state index contributed by atoms with van der Waals surface area (Å²) in [6.45, 7) is 1.66. The Morgan fingerprint density at radius 2 is 1.21 bits per heavy atom. The molecule has 7 nitrogen and oxygen atoms in total. The third-order valence-electron chi connectivity index (χ3n) is 8.36. The van der Waals surface area contributed by atoms with Crippen molar-refractivity contribution >= 4 is 159 Å². The van der Waals surface area contributed by atoms with Crippen LogP contribution in [0.25, 0.3) is 0 Å². The molecule has 2 unspecified atom stereocenters. The molecule has 2 rings (SSSR count). The molecule has 2 atom stereocenters. The second-order valence-electron chi connectivity index (χ2n) is 12.0. The van der Waals surface area contributed by atoms with E-state index in [2.05, 4.69) is 142 Å². The van der Waals surface area contributed by atoms with Crippen LogP contribution < -0.4 is 16.2 Å². The first-order chi connectivity index (χ1) is 22.3. The van der Waals surface area contributed by atoms with E-state index in [0.717, 1.165) is 39.1 Å². The van der Waals surface area contributed by atoms with Crippen molar-refractivity contribution in [3.63, 3.8) is 0 Å². The van der Waals surface area contributed by atoms with E-state index in [-0.39, 0.29) is 30.8 Å². The van der Waals surface area contributed by atoms with E-state index in [9.17, 15) is 19.8 Å². The summed E-state index contributed by atoms with van der Waals surface area (Å²) >= 11 is 12.8. The van der Waals surface area contributed by atoms with E-state index in [1.54, 1.807) is 0 Å². The number of aliphatic hydroxyl groups excluding tert-OH is 2. The first-order valence-corrected chi connectivity index (χ1v) is 22.7. The number of nitrogens with two attached hydrogens (primary N) is 2. The topological polar surface area (TPSA) is 136 Å². The van der Waals surface area contributed by atoms with E-state index >= 15 is 0 Å². The standard InChI is InChI=1S/C34H46I6N2O5/c1-2-3-4-5-6-7-8-9-10-11-12-13-14-15-27(45)34(18-21(44)20-43,19-22-23(35)16-24(36)30(41)28(22)39)33(46)47-32-26(38)17-25(37)31(42)29(32)40/h16-17,21,43-44H,2-15,18-20,41-42H2,1H3. The van der Waals surface area contributed by atoms with Crippen LogP contribution in [0.15, 0.2) is 12.1 Å². The van der Waals surface area contributed by atoms with Gasteiger partial charge in [0.2, 0.25) is 0 Å². The number of benzene rings is 2. The van der Waals surface area contributed by atoms with Crippen molar-refractivity contribution < 1.29 is 24.5 Å². The molecule has 0 amide bonds. The minimum Gasteiger partial charge on any atom is -0.423 e. The normalized spacial score (nSPS) is 13.4. The van der Waals surface area contributed by atoms with Crippen LogP contribution in [0.2, 0.25) is 0 Å². The fourth-order valence-corrected chi connectivity index (χ4v) is 12.9. The number of aliphatic hydroxyl groups is 2. The predicted octanol–water partition coefficient (Wildman–Crippen LogP) is 10.4. The van der Waals surface area contributed by atoms with Crippen LogP contribution >= 0.6 is 136 Å². The molecule has 2 aromatic rings. The number of nitrogen functional groups attached to an aromatic ring is 2. The molecule has 0 aliphatic heterocycles. The number of unbranched alkanes of at least 4 members (excludes halogenated alkanes) is 12. The summed E-state index contributed by atoms with van der Waals surface area (Å²) in [7, 11) is 0. The molecule has 47 heavy (non-hydrogen) atoms. The van der Waals surface area contributed by atoms with Crippen LogP contribution in [-0.4, -0.2) is 34.7 Å². The van der Waals surface area contributed by atoms with Crippen LogP contribution in [0, 0.1) is 26.8 Å². The van der Waals surface area contributed by atoms with Gasteiger partial charge in [-0.1, -0.05) is 84.0 Å². The van der Waals surface area contributed by atoms with Crippen molar-refractivity contribution in [2.24, 2.45) is 5.41 Å². The quantitative estimate of drug-likeness (QED) is 0.0230. The average molecular weight is 1320 g/mol. The number of ether oxygens (including phenoxy) is 1. The van der Waals surface area contributed by atoms with E-state index in [0.29, 0.717) is 24.9 Å². The first kappa shape index (κ1) is 44.6. The molecule has 0 aliphatic carbocycles. The van der Waals surface area contributed by atoms with Gasteiger partial charge < -0.3 is 26.4 Å². The van der Waals surface area contributed by atoms with Crippen LogP contribution in [0.4, 0.5) is 11.4 Å². The van der Waals surface area contributed by atoms with Gasteiger partial charge in [0.25, 0.3) is 0 Å². The lowest BCUT2D eigenvalue weighted by molar-refractivity contribution is -0.155. The lowest BCUT2D eigenvalue weighted by Crippen LogP contribution is -2.47. The highest BCUT2D eigenvalue weighted by atomic mass is 127. The minimum atomic E-state index is -1.75. The molecule has 13 heteroatoms. The number of hydrogen-bond donors (Lipinski definition) is 4. The zero-order valence-corrected chi connectivity index (χ0v) is 39.7. The molecule has 6 N–H and O–H groups in total. The van der Waals surface area contributed by atoms with Crippen molar-refractivity contribution in [2.75, 3.05) is 18.1 Å². The summed E-state index contributed by atoms with van der Waals surface area (Å²) in [6, 6.07) is 3.75. The van der Waals surface area contributed by atoms with Gasteiger partial charge in [0.15, 0.2) is 11.5 Å². The molecule has 0 saturated heterocycles. The zero-order valence-electron chi connectivity index (χ0n) is 26.8. The first-order valence-electron chi connectivity index (χ1n) is 16.2. The van der Waals surface area contributed by atoms with Gasteiger partial charge in [-0.2, -0.15) is 0 Å². The van der Waals surface area contributed by atoms with Crippen LogP contribution in [0.3, 0.4) is 0 Å². The number of esters is 1. The molecule has 0 saturated carbocycles. The third-order valence-corrected chi connectivity index (χ3v) is 14.2. The number of Topliss-reactive ketones (excluding diaryl/α,β-unsaturated/α-hetero) is 1. The Bertz CT molecular complexity index is 1350. The number of halogens is 6. The summed E-state index contributed by atoms with van der Waals surface area (Å²) in [6.07, 6.45) is 14.0. The smallest absolute Gasteiger partial charge is 0.325 e. The second-order valence-corrected chi connectivity index (χ2v) is 18.9. The van der Waals surface area contributed by atoms with E-state index in [1.807, 2.05) is 12.1 Å². The molecule has 0 bridgehead atoms. The SMILES string of the molecule is CCCCCCCCCCCCCCCC(=O)C(Cc1c(I)cc(I)c(N)c1I)(CC(O)CO)C(=O)Oc1c(I)cc(I)c(N)c1I. The molecule has 264 valence electrons. The number of carbonyl (C=O) groups excluding carboxylic acids is 2. The number of ketones is 1. The Morgan fingerprint density at radius 1 is 0.745 bits per heavy atom. The van der Waals surface area contributed by atoms with E-state index in [4.69, 9.17) is 16.2 Å². The highest BCUT2D eigenvalue weighted by Crippen LogP contribution is 2.42. The molecule has 0 fully saturated rings. The Morgan fingerprint density at radius 3 is 1.72 bits per heavy atom. The molecular weight excluding hydrogens is 1280 g/mol. The maximum atomic E-state index is 14.4. The Hall–Kier alpha value is 1.48. The summed E-state index contributed by atoms with van der Waals surface area (Å²) in [5, 5.41) is 20.7. The Kier molecular flexibility index (Phi) is 22.0. The van der Waals surface area contributed by atoms with Crippen molar-refractivity contribution in [1.82, 2.24) is 0 Å². The summed E-state index contributed by atoms with van der Waals surface area (Å²) in [5.41, 5.74) is 12.8. The lowest BCUT2D eigenvalue weighted by atomic mass is 9.72. The van der Waals surface area contributed by atoms with E-state index in [1.165, 1.54) is 57.8 Å². The number of rotatable bonds is 22. The monoisotopic (exact) mass is 1320 g/mol. The van der Waals surface area contributed by atoms with Gasteiger partial charge in [0.05, 0.1) is 31.2 Å². The van der Waals surface area contributed by atoms with Gasteiger partial charge in [0.1, 0.15) is 5.41 Å². The molecule has 0 heterocycles. The van der Waals surface area contributed by atoms with Gasteiger partial charge in [-0.25, -0.2) is 0 Å². The second kappa shape index (κ2) is 23.2. The fourth-order valence-electron chi connectivity index (χ4n) is 5.55. The van der Waals surface area contributed by atoms with Crippen molar-refractivity contribution in [3.8, 4) is 5.75 Å². The van der Waals surface area contributed by atoms with Crippen molar-refractivity contribution in [3.05, 3.63) is 39.1 Å². The third kappa shape index (κ3) is 13.8. The maximum absolute atomic E-state index is 14.4. The zero-order chi connectivity index (χ0) is 35.1. The molecule has 0 aromatic heterocycles. The Balaban J connectivity index is 2.27. The van der Waals surface area contributed by atoms with Gasteiger partial charge in [-0.3, -0.25) is 9.59 Å². The van der Waals surface area contributed by atoms with Gasteiger partial charge in [-0.15, -0.1) is 0 Å². The van der Waals surface area contributed by atoms with Crippen LogP contribution in [0.1, 0.15) is 109 Å². The number of carbonyl (C=O) groups is 2. The van der Waals surface area contributed by atoms with Gasteiger partial charge >= 0.3 is 5.97 Å². The molecule has 0 radical (unpaired) electrons. The summed E-state index contributed by atoms with van der Waals surface area (Å²) < 4.78 is 10.7. The number of hydrogen-bond acceptors (Lipinski definition) is 7. The largest absolute Gasteiger partial charge is 0.423 e. The molecule has 2 aromatic carbocycles. The predicted molar refractivity (Wildman–Crippen MR) is 243 cm³/mol. The van der Waals surface area contributed by atoms with Crippen molar-refractivity contribution in [2.45, 2.75) is 116 Å². The summed E-state index contributed by atoms with van der Waals surface area (Å²) in [4.78, 5) is 28.8. The minimum absolute atomic E-state index is 0.00908. The van der Waals surface area contributed by atoms with Crippen molar-refractivity contribution in [1.29, 1.82) is 0 Å². The molecule has 0 aliphatic rings. The van der Waals surface area contributed by atoms with Gasteiger partial charge in [-0.05, 0) is 173 Å². The Labute approximate surface area is 362 Å². The van der Waals surface area contributed by atoms with E-state index < -0.39 is 24.1 Å². The maximum Gasteiger partial charge on any atom is 0.325 e. The van der Waals surface area contributed by atoms with Crippen LogP contribution in [0.5, 0.6) is 5.75 Å². The summed E-state index contributed by atoms with van der Waals surface area (Å²) in [5.74, 6) is -0.771. The highest BCUT2D eigenvalue weighted by Gasteiger charge is 2.49.